The number of halogens is 1. The fourth-order valence-electron chi connectivity index (χ4n) is 1.76. The molecule has 2 amide bonds. The molecule has 1 fully saturated rings. The lowest BCUT2D eigenvalue weighted by Crippen LogP contribution is -2.45. The molecule has 0 bridgehead atoms. The summed E-state index contributed by atoms with van der Waals surface area (Å²) in [6, 6.07) is 1.21. The van der Waals surface area contributed by atoms with E-state index in [9.17, 15) is 9.59 Å². The van der Waals surface area contributed by atoms with Gasteiger partial charge < -0.3 is 16.0 Å². The van der Waals surface area contributed by atoms with Gasteiger partial charge in [0.25, 0.3) is 5.91 Å². The Morgan fingerprint density at radius 3 is 2.76 bits per heavy atom. The molecule has 0 spiro atoms. The van der Waals surface area contributed by atoms with E-state index in [2.05, 4.69) is 20.9 Å². The predicted octanol–water partition coefficient (Wildman–Crippen LogP) is 1.56. The van der Waals surface area contributed by atoms with Crippen LogP contribution in [0.1, 0.15) is 37.0 Å². The van der Waals surface area contributed by atoms with E-state index in [1.807, 2.05) is 6.92 Å². The maximum absolute atomic E-state index is 12.1. The average Bonchev–Trinajstić information content (AvgIpc) is 3.25. The SMILES string of the molecule is CCNc1ncc(C(=O)NC(C)C(=O)NC2CC2)cc1Cl. The van der Waals surface area contributed by atoms with E-state index in [1.165, 1.54) is 12.3 Å². The second-order valence-corrected chi connectivity index (χ2v) is 5.47. The molecule has 1 aromatic rings. The third kappa shape index (κ3) is 4.32. The number of amides is 2. The van der Waals surface area contributed by atoms with Crippen molar-refractivity contribution in [3.05, 3.63) is 22.8 Å². The van der Waals surface area contributed by atoms with E-state index in [0.717, 1.165) is 12.8 Å². The summed E-state index contributed by atoms with van der Waals surface area (Å²) in [5.74, 6) is -0.00434. The first-order valence-electron chi connectivity index (χ1n) is 7.02. The Hall–Kier alpha value is -1.82. The number of anilines is 1. The molecular formula is C14H19ClN4O2. The lowest BCUT2D eigenvalue weighted by molar-refractivity contribution is -0.122. The maximum Gasteiger partial charge on any atom is 0.253 e. The third-order valence-electron chi connectivity index (χ3n) is 3.11. The van der Waals surface area contributed by atoms with Crippen molar-refractivity contribution in [3.63, 3.8) is 0 Å². The number of hydrogen-bond acceptors (Lipinski definition) is 4. The minimum atomic E-state index is -0.592. The standard InChI is InChI=1S/C14H19ClN4O2/c1-3-16-12-11(15)6-9(7-17-12)14(21)18-8(2)13(20)19-10-4-5-10/h6-8,10H,3-5H2,1-2H3,(H,16,17)(H,18,21)(H,19,20). The number of hydrogen-bond donors (Lipinski definition) is 3. The molecule has 0 radical (unpaired) electrons. The van der Waals surface area contributed by atoms with Crippen molar-refractivity contribution in [1.82, 2.24) is 15.6 Å². The monoisotopic (exact) mass is 310 g/mol. The molecule has 1 aliphatic carbocycles. The highest BCUT2D eigenvalue weighted by Crippen LogP contribution is 2.20. The zero-order valence-electron chi connectivity index (χ0n) is 12.1. The van der Waals surface area contributed by atoms with Gasteiger partial charge in [0.1, 0.15) is 11.9 Å². The summed E-state index contributed by atoms with van der Waals surface area (Å²) >= 11 is 6.04. The van der Waals surface area contributed by atoms with Gasteiger partial charge in [0.15, 0.2) is 0 Å². The minimum absolute atomic E-state index is 0.172. The second kappa shape index (κ2) is 6.76. The van der Waals surface area contributed by atoms with Gasteiger partial charge in [-0.3, -0.25) is 9.59 Å². The van der Waals surface area contributed by atoms with Gasteiger partial charge in [0, 0.05) is 18.8 Å². The average molecular weight is 311 g/mol. The molecule has 1 saturated carbocycles. The number of carbonyl (C=O) groups excluding carboxylic acids is 2. The predicted molar refractivity (Wildman–Crippen MR) is 81.5 cm³/mol. The highest BCUT2D eigenvalue weighted by molar-refractivity contribution is 6.33. The first kappa shape index (κ1) is 15.6. The number of aromatic nitrogens is 1. The van der Waals surface area contributed by atoms with Crippen LogP contribution in [0.5, 0.6) is 0 Å². The van der Waals surface area contributed by atoms with Crippen molar-refractivity contribution in [2.45, 2.75) is 38.8 Å². The van der Waals surface area contributed by atoms with Crippen LogP contribution in [0.3, 0.4) is 0 Å². The molecule has 6 nitrogen and oxygen atoms in total. The molecular weight excluding hydrogens is 292 g/mol. The molecule has 7 heteroatoms. The Morgan fingerprint density at radius 1 is 1.48 bits per heavy atom. The zero-order valence-corrected chi connectivity index (χ0v) is 12.8. The molecule has 1 aromatic heterocycles. The van der Waals surface area contributed by atoms with Gasteiger partial charge in [-0.1, -0.05) is 11.6 Å². The van der Waals surface area contributed by atoms with E-state index < -0.39 is 6.04 Å². The summed E-state index contributed by atoms with van der Waals surface area (Å²) in [6.45, 7) is 4.27. The zero-order chi connectivity index (χ0) is 15.4. The lowest BCUT2D eigenvalue weighted by atomic mass is 10.2. The molecule has 2 rings (SSSR count). The van der Waals surface area contributed by atoms with Crippen LogP contribution in [0.25, 0.3) is 0 Å². The molecule has 0 aromatic carbocycles. The molecule has 1 aliphatic rings. The summed E-state index contributed by atoms with van der Waals surface area (Å²) in [6.07, 6.45) is 3.46. The second-order valence-electron chi connectivity index (χ2n) is 5.06. The van der Waals surface area contributed by atoms with Gasteiger partial charge in [0.2, 0.25) is 5.91 Å². The number of nitrogens with one attached hydrogen (secondary N) is 3. The summed E-state index contributed by atoms with van der Waals surface area (Å²) in [5.41, 5.74) is 0.327. The smallest absolute Gasteiger partial charge is 0.253 e. The summed E-state index contributed by atoms with van der Waals surface area (Å²) < 4.78 is 0. The first-order valence-corrected chi connectivity index (χ1v) is 7.39. The van der Waals surface area contributed by atoms with Gasteiger partial charge in [-0.25, -0.2) is 4.98 Å². The van der Waals surface area contributed by atoms with Crippen LogP contribution >= 0.6 is 11.6 Å². The fraction of sp³-hybridized carbons (Fsp3) is 0.500. The Balaban J connectivity index is 1.95. The van der Waals surface area contributed by atoms with E-state index in [0.29, 0.717) is 22.9 Å². The Kier molecular flexibility index (Phi) is 5.01. The van der Waals surface area contributed by atoms with Crippen molar-refractivity contribution in [2.75, 3.05) is 11.9 Å². The number of nitrogens with zero attached hydrogens (tertiary/aromatic N) is 1. The largest absolute Gasteiger partial charge is 0.369 e. The van der Waals surface area contributed by atoms with Gasteiger partial charge >= 0.3 is 0 Å². The maximum atomic E-state index is 12.1. The van der Waals surface area contributed by atoms with Crippen LogP contribution < -0.4 is 16.0 Å². The minimum Gasteiger partial charge on any atom is -0.369 e. The normalized spacial score (nSPS) is 15.2. The quantitative estimate of drug-likeness (QED) is 0.744. The molecule has 21 heavy (non-hydrogen) atoms. The summed E-state index contributed by atoms with van der Waals surface area (Å²) in [4.78, 5) is 28.0. The highest BCUT2D eigenvalue weighted by atomic mass is 35.5. The molecule has 1 unspecified atom stereocenters. The van der Waals surface area contributed by atoms with Crippen LogP contribution in [0, 0.1) is 0 Å². The number of carbonyl (C=O) groups is 2. The van der Waals surface area contributed by atoms with Gasteiger partial charge in [-0.15, -0.1) is 0 Å². The van der Waals surface area contributed by atoms with E-state index >= 15 is 0 Å². The molecule has 1 atom stereocenters. The lowest BCUT2D eigenvalue weighted by Gasteiger charge is -2.14. The van der Waals surface area contributed by atoms with Crippen LogP contribution in [0.2, 0.25) is 5.02 Å². The molecule has 3 N–H and O–H groups in total. The van der Waals surface area contributed by atoms with Crippen molar-refractivity contribution >= 4 is 29.2 Å². The summed E-state index contributed by atoms with van der Waals surface area (Å²) in [5, 5.41) is 8.85. The Bertz CT molecular complexity index is 546. The van der Waals surface area contributed by atoms with Crippen LogP contribution in [0.15, 0.2) is 12.3 Å². The van der Waals surface area contributed by atoms with Crippen molar-refractivity contribution < 1.29 is 9.59 Å². The molecule has 0 saturated heterocycles. The topological polar surface area (TPSA) is 83.1 Å². The first-order chi connectivity index (χ1) is 10.0. The molecule has 114 valence electrons. The van der Waals surface area contributed by atoms with Crippen LogP contribution in [-0.2, 0) is 4.79 Å². The fourth-order valence-corrected chi connectivity index (χ4v) is 1.99. The van der Waals surface area contributed by atoms with Crippen molar-refractivity contribution in [3.8, 4) is 0 Å². The van der Waals surface area contributed by atoms with E-state index in [1.54, 1.807) is 6.92 Å². The van der Waals surface area contributed by atoms with Crippen LogP contribution in [0.4, 0.5) is 5.82 Å². The molecule has 1 heterocycles. The Morgan fingerprint density at radius 2 is 2.19 bits per heavy atom. The third-order valence-corrected chi connectivity index (χ3v) is 3.40. The number of rotatable bonds is 6. The Labute approximate surface area is 128 Å². The van der Waals surface area contributed by atoms with Gasteiger partial charge in [0.05, 0.1) is 10.6 Å². The summed E-state index contributed by atoms with van der Waals surface area (Å²) in [7, 11) is 0. The van der Waals surface area contributed by atoms with E-state index in [-0.39, 0.29) is 17.9 Å². The number of pyridine rings is 1. The van der Waals surface area contributed by atoms with E-state index in [4.69, 9.17) is 11.6 Å². The highest BCUT2D eigenvalue weighted by Gasteiger charge is 2.26. The van der Waals surface area contributed by atoms with Gasteiger partial charge in [-0.05, 0) is 32.8 Å². The van der Waals surface area contributed by atoms with Crippen molar-refractivity contribution in [1.29, 1.82) is 0 Å². The van der Waals surface area contributed by atoms with Gasteiger partial charge in [-0.2, -0.15) is 0 Å². The van der Waals surface area contributed by atoms with Crippen LogP contribution in [-0.4, -0.2) is 35.4 Å². The van der Waals surface area contributed by atoms with Crippen molar-refractivity contribution in [2.24, 2.45) is 0 Å². The molecule has 0 aliphatic heterocycles.